The number of aliphatic carboxylic acids is 1. The van der Waals surface area contributed by atoms with Gasteiger partial charge in [-0.2, -0.15) is 0 Å². The molecule has 0 unspecified atom stereocenters. The Bertz CT molecular complexity index is 1070. The van der Waals surface area contributed by atoms with Gasteiger partial charge in [0.15, 0.2) is 0 Å². The molecule has 2 saturated carbocycles. The fourth-order valence-corrected chi connectivity index (χ4v) is 6.08. The smallest absolute Gasteiger partial charge is 0.303 e. The fourth-order valence-electron chi connectivity index (χ4n) is 5.80. The highest BCUT2D eigenvalue weighted by Crippen LogP contribution is 2.50. The van der Waals surface area contributed by atoms with Crippen LogP contribution in [0.2, 0.25) is 5.02 Å². The first-order valence-corrected chi connectivity index (χ1v) is 13.9. The Morgan fingerprint density at radius 3 is 2.44 bits per heavy atom. The predicted molar refractivity (Wildman–Crippen MR) is 142 cm³/mol. The van der Waals surface area contributed by atoms with Crippen molar-refractivity contribution in [2.45, 2.75) is 103 Å². The second-order valence-electron chi connectivity index (χ2n) is 11.3. The lowest BCUT2D eigenvalue weighted by Crippen LogP contribution is -2.18. The number of aromatic nitrogens is 1. The van der Waals surface area contributed by atoms with Gasteiger partial charge in [-0.15, -0.1) is 0 Å². The first kappa shape index (κ1) is 26.7. The van der Waals surface area contributed by atoms with E-state index in [1.165, 1.54) is 24.8 Å². The minimum Gasteiger partial charge on any atom is -0.481 e. The molecule has 0 saturated heterocycles. The van der Waals surface area contributed by atoms with Gasteiger partial charge >= 0.3 is 5.97 Å². The SMILES string of the molecule is Cc1ccc(NC(=O)C[C@@H](CCC(=O)O)c2noc([C@H]3CC[C@H](CC(C)C)CC3)c2C2CC2)c(Cl)c1. The minimum absolute atomic E-state index is 0.0180. The van der Waals surface area contributed by atoms with Crippen LogP contribution in [0.25, 0.3) is 0 Å². The molecule has 1 heterocycles. The van der Waals surface area contributed by atoms with E-state index in [2.05, 4.69) is 24.3 Å². The van der Waals surface area contributed by atoms with Gasteiger partial charge in [0.2, 0.25) is 5.91 Å². The topological polar surface area (TPSA) is 92.4 Å². The van der Waals surface area contributed by atoms with Crippen molar-refractivity contribution in [2.24, 2.45) is 11.8 Å². The first-order valence-electron chi connectivity index (χ1n) is 13.5. The van der Waals surface area contributed by atoms with Crippen LogP contribution in [0.1, 0.15) is 118 Å². The highest BCUT2D eigenvalue weighted by atomic mass is 35.5. The van der Waals surface area contributed by atoms with Gasteiger partial charge in [0.1, 0.15) is 5.76 Å². The number of nitrogens with zero attached hydrogens (tertiary/aromatic N) is 1. The lowest BCUT2D eigenvalue weighted by Gasteiger charge is -2.28. The number of carbonyl (C=O) groups excluding carboxylic acids is 1. The molecule has 0 bridgehead atoms. The van der Waals surface area contributed by atoms with Crippen molar-refractivity contribution in [1.82, 2.24) is 5.16 Å². The normalized spacial score (nSPS) is 20.9. The van der Waals surface area contributed by atoms with Crippen LogP contribution >= 0.6 is 11.6 Å². The zero-order valence-electron chi connectivity index (χ0n) is 21.7. The van der Waals surface area contributed by atoms with Crippen LogP contribution in [0.15, 0.2) is 22.7 Å². The molecule has 4 rings (SSSR count). The summed E-state index contributed by atoms with van der Waals surface area (Å²) in [6.45, 7) is 6.53. The zero-order chi connectivity index (χ0) is 25.8. The number of hydrogen-bond acceptors (Lipinski definition) is 4. The van der Waals surface area contributed by atoms with Gasteiger partial charge in [0, 0.05) is 30.2 Å². The molecule has 196 valence electrons. The summed E-state index contributed by atoms with van der Waals surface area (Å²) >= 11 is 6.31. The van der Waals surface area contributed by atoms with E-state index >= 15 is 0 Å². The van der Waals surface area contributed by atoms with Crippen LogP contribution in [0.3, 0.4) is 0 Å². The fraction of sp³-hybridized carbons (Fsp3) is 0.621. The number of aryl methyl sites for hydroxylation is 1. The van der Waals surface area contributed by atoms with E-state index in [0.717, 1.165) is 54.5 Å². The average molecular weight is 515 g/mol. The van der Waals surface area contributed by atoms with Crippen LogP contribution in [0, 0.1) is 18.8 Å². The summed E-state index contributed by atoms with van der Waals surface area (Å²) in [4.78, 5) is 24.4. The summed E-state index contributed by atoms with van der Waals surface area (Å²) in [7, 11) is 0. The summed E-state index contributed by atoms with van der Waals surface area (Å²) in [6.07, 6.45) is 8.59. The zero-order valence-corrected chi connectivity index (χ0v) is 22.4. The van der Waals surface area contributed by atoms with Crippen molar-refractivity contribution in [3.63, 3.8) is 0 Å². The summed E-state index contributed by atoms with van der Waals surface area (Å²) in [5, 5.41) is 17.3. The molecule has 6 nitrogen and oxygen atoms in total. The number of carbonyl (C=O) groups is 2. The lowest BCUT2D eigenvalue weighted by atomic mass is 9.76. The molecule has 0 aliphatic heterocycles. The van der Waals surface area contributed by atoms with Gasteiger partial charge in [-0.3, -0.25) is 9.59 Å². The van der Waals surface area contributed by atoms with Gasteiger partial charge < -0.3 is 14.9 Å². The van der Waals surface area contributed by atoms with Crippen molar-refractivity contribution in [3.05, 3.63) is 45.8 Å². The molecule has 2 aliphatic rings. The maximum atomic E-state index is 13.0. The molecular weight excluding hydrogens is 476 g/mol. The molecule has 7 heteroatoms. The summed E-state index contributed by atoms with van der Waals surface area (Å²) in [6, 6.07) is 5.50. The largest absolute Gasteiger partial charge is 0.481 e. The highest BCUT2D eigenvalue weighted by molar-refractivity contribution is 6.33. The summed E-state index contributed by atoms with van der Waals surface area (Å²) < 4.78 is 6.02. The minimum atomic E-state index is -0.873. The molecule has 36 heavy (non-hydrogen) atoms. The molecule has 1 aromatic carbocycles. The molecule has 1 atom stereocenters. The molecular formula is C29H39ClN2O4. The average Bonchev–Trinajstić information content (AvgIpc) is 3.56. The van der Waals surface area contributed by atoms with Gasteiger partial charge in [-0.1, -0.05) is 36.7 Å². The maximum absolute atomic E-state index is 13.0. The van der Waals surface area contributed by atoms with Crippen molar-refractivity contribution in [1.29, 1.82) is 0 Å². The quantitative estimate of drug-likeness (QED) is 0.319. The van der Waals surface area contributed by atoms with Crippen LogP contribution in [-0.2, 0) is 9.59 Å². The van der Waals surface area contributed by atoms with Gasteiger partial charge in [-0.05, 0) is 93.7 Å². The first-order chi connectivity index (χ1) is 17.2. The number of carboxylic acid groups (broad SMARTS) is 1. The molecule has 1 amide bonds. The number of halogens is 1. The number of nitrogens with one attached hydrogen (secondary N) is 1. The molecule has 2 fully saturated rings. The van der Waals surface area contributed by atoms with Crippen molar-refractivity contribution in [3.8, 4) is 0 Å². The number of anilines is 1. The number of benzene rings is 1. The van der Waals surface area contributed by atoms with Gasteiger partial charge in [-0.25, -0.2) is 0 Å². The second-order valence-corrected chi connectivity index (χ2v) is 11.7. The Morgan fingerprint density at radius 2 is 1.83 bits per heavy atom. The Hall–Kier alpha value is -2.34. The predicted octanol–water partition coefficient (Wildman–Crippen LogP) is 7.81. The number of hydrogen-bond donors (Lipinski definition) is 2. The maximum Gasteiger partial charge on any atom is 0.303 e. The molecule has 1 aromatic heterocycles. The number of rotatable bonds is 11. The van der Waals surface area contributed by atoms with Crippen LogP contribution < -0.4 is 5.32 Å². The van der Waals surface area contributed by atoms with E-state index in [4.69, 9.17) is 16.1 Å². The summed E-state index contributed by atoms with van der Waals surface area (Å²) in [5.74, 6) is 1.91. The molecule has 2 aliphatic carbocycles. The third-order valence-electron chi connectivity index (χ3n) is 7.72. The molecule has 2 aromatic rings. The number of carboxylic acids is 1. The monoisotopic (exact) mass is 514 g/mol. The van der Waals surface area contributed by atoms with Gasteiger partial charge in [0.05, 0.1) is 16.4 Å². The second kappa shape index (κ2) is 11.8. The third kappa shape index (κ3) is 6.90. The Labute approximate surface area is 219 Å². The summed E-state index contributed by atoms with van der Waals surface area (Å²) in [5.41, 5.74) is 3.53. The van der Waals surface area contributed by atoms with E-state index in [0.29, 0.717) is 29.0 Å². The van der Waals surface area contributed by atoms with Crippen LogP contribution in [-0.4, -0.2) is 22.1 Å². The van der Waals surface area contributed by atoms with E-state index in [-0.39, 0.29) is 24.7 Å². The van der Waals surface area contributed by atoms with Crippen molar-refractivity contribution >= 4 is 29.2 Å². The Morgan fingerprint density at radius 1 is 1.14 bits per heavy atom. The molecule has 0 radical (unpaired) electrons. The van der Waals surface area contributed by atoms with Crippen molar-refractivity contribution < 1.29 is 19.2 Å². The van der Waals surface area contributed by atoms with E-state index in [1.54, 1.807) is 6.07 Å². The van der Waals surface area contributed by atoms with E-state index in [1.807, 2.05) is 19.1 Å². The van der Waals surface area contributed by atoms with Gasteiger partial charge in [0.25, 0.3) is 0 Å². The standard InChI is InChI=1S/C29H39ClN2O4/c1-17(2)14-19-5-7-21(8-6-19)29-27(20-9-10-20)28(32-36-29)22(11-13-26(34)35)16-25(33)31-24-12-4-18(3)15-23(24)30/h4,12,15,17,19-22H,5-11,13-14,16H2,1-3H3,(H,31,33)(H,34,35)/t19-,21-,22-/m1/s1. The van der Waals surface area contributed by atoms with E-state index < -0.39 is 5.97 Å². The lowest BCUT2D eigenvalue weighted by molar-refractivity contribution is -0.137. The number of amides is 1. The molecule has 0 spiro atoms. The van der Waals surface area contributed by atoms with Crippen LogP contribution in [0.5, 0.6) is 0 Å². The Balaban J connectivity index is 1.52. The van der Waals surface area contributed by atoms with Crippen molar-refractivity contribution in [2.75, 3.05) is 5.32 Å². The third-order valence-corrected chi connectivity index (χ3v) is 8.03. The van der Waals surface area contributed by atoms with Crippen LogP contribution in [0.4, 0.5) is 5.69 Å². The molecule has 2 N–H and O–H groups in total. The highest BCUT2D eigenvalue weighted by Gasteiger charge is 2.38. The van der Waals surface area contributed by atoms with E-state index in [9.17, 15) is 14.7 Å². The Kier molecular flexibility index (Phi) is 8.76.